The zero-order valence-electron chi connectivity index (χ0n) is 12.9. The van der Waals surface area contributed by atoms with Crippen LogP contribution in [0.3, 0.4) is 0 Å². The van der Waals surface area contributed by atoms with Gasteiger partial charge >= 0.3 is 0 Å². The lowest BCUT2D eigenvalue weighted by Gasteiger charge is -2.10. The molecular weight excluding hydrogens is 310 g/mol. The van der Waals surface area contributed by atoms with E-state index in [1.165, 1.54) is 6.20 Å². The number of nitrogens with one attached hydrogen (secondary N) is 2. The van der Waals surface area contributed by atoms with Crippen LogP contribution in [0.2, 0.25) is 0 Å². The van der Waals surface area contributed by atoms with Crippen LogP contribution in [0.25, 0.3) is 0 Å². The van der Waals surface area contributed by atoms with Gasteiger partial charge in [0.15, 0.2) is 5.11 Å². The number of pyridine rings is 1. The van der Waals surface area contributed by atoms with E-state index in [2.05, 4.69) is 22.5 Å². The fourth-order valence-electron chi connectivity index (χ4n) is 1.80. The van der Waals surface area contributed by atoms with E-state index < -0.39 is 0 Å². The summed E-state index contributed by atoms with van der Waals surface area (Å²) in [6, 6.07) is 10.8. The number of aromatic nitrogens is 1. The molecule has 0 atom stereocenters. The highest BCUT2D eigenvalue weighted by Crippen LogP contribution is 2.16. The Labute approximate surface area is 141 Å². The molecule has 23 heavy (non-hydrogen) atoms. The van der Waals surface area contributed by atoms with Gasteiger partial charge in [0.05, 0.1) is 12.2 Å². The van der Waals surface area contributed by atoms with Gasteiger partial charge in [0.2, 0.25) is 0 Å². The van der Waals surface area contributed by atoms with Crippen molar-refractivity contribution < 1.29 is 9.53 Å². The minimum Gasteiger partial charge on any atom is -0.494 e. The number of thiocarbonyl (C=S) groups is 1. The number of amides is 1. The minimum atomic E-state index is -0.296. The van der Waals surface area contributed by atoms with Crippen LogP contribution in [0.15, 0.2) is 48.8 Å². The van der Waals surface area contributed by atoms with Crippen molar-refractivity contribution in [3.63, 3.8) is 0 Å². The van der Waals surface area contributed by atoms with Gasteiger partial charge in [0, 0.05) is 18.1 Å². The van der Waals surface area contributed by atoms with Gasteiger partial charge in [-0.3, -0.25) is 15.1 Å². The average Bonchev–Trinajstić information content (AvgIpc) is 2.57. The molecule has 6 heteroatoms. The zero-order valence-corrected chi connectivity index (χ0v) is 13.7. The number of hydrogen-bond acceptors (Lipinski definition) is 4. The molecule has 1 aromatic heterocycles. The SMILES string of the molecule is CCCCOc1ccc(NC(=S)NC(=O)c2cccnc2)cc1. The second-order valence-corrected chi connectivity index (χ2v) is 5.28. The molecule has 0 aliphatic rings. The molecule has 0 saturated carbocycles. The fraction of sp³-hybridized carbons (Fsp3) is 0.235. The molecule has 2 rings (SSSR count). The molecule has 1 heterocycles. The smallest absolute Gasteiger partial charge is 0.258 e. The third kappa shape index (κ3) is 5.67. The van der Waals surface area contributed by atoms with Crippen molar-refractivity contribution in [2.24, 2.45) is 0 Å². The molecule has 0 aliphatic heterocycles. The van der Waals surface area contributed by atoms with Crippen molar-refractivity contribution in [1.29, 1.82) is 0 Å². The quantitative estimate of drug-likeness (QED) is 0.628. The Bertz CT molecular complexity index is 645. The number of carbonyl (C=O) groups excluding carboxylic acids is 1. The van der Waals surface area contributed by atoms with Gasteiger partial charge in [-0.15, -0.1) is 0 Å². The Hall–Kier alpha value is -2.47. The topological polar surface area (TPSA) is 63.2 Å². The summed E-state index contributed by atoms with van der Waals surface area (Å²) in [6.45, 7) is 2.83. The molecule has 0 spiro atoms. The molecule has 0 bridgehead atoms. The maximum atomic E-state index is 11.9. The fourth-order valence-corrected chi connectivity index (χ4v) is 2.01. The molecular formula is C17H19N3O2S. The van der Waals surface area contributed by atoms with Gasteiger partial charge in [0.25, 0.3) is 5.91 Å². The number of nitrogens with zero attached hydrogens (tertiary/aromatic N) is 1. The van der Waals surface area contributed by atoms with Crippen LogP contribution in [0, 0.1) is 0 Å². The average molecular weight is 329 g/mol. The molecule has 2 aromatic rings. The van der Waals surface area contributed by atoms with E-state index in [1.807, 2.05) is 24.3 Å². The van der Waals surface area contributed by atoms with E-state index in [0.29, 0.717) is 12.2 Å². The van der Waals surface area contributed by atoms with Gasteiger partial charge in [-0.05, 0) is 55.0 Å². The standard InChI is InChI=1S/C17H19N3O2S/c1-2-3-11-22-15-8-6-14(7-9-15)19-17(23)20-16(21)13-5-4-10-18-12-13/h4-10,12H,2-3,11H2,1H3,(H2,19,20,21,23). The van der Waals surface area contributed by atoms with Crippen molar-refractivity contribution in [3.05, 3.63) is 54.4 Å². The predicted molar refractivity (Wildman–Crippen MR) is 94.8 cm³/mol. The van der Waals surface area contributed by atoms with Gasteiger partial charge < -0.3 is 10.1 Å². The maximum absolute atomic E-state index is 11.9. The summed E-state index contributed by atoms with van der Waals surface area (Å²) in [6.07, 6.45) is 5.23. The molecule has 1 amide bonds. The first-order valence-corrected chi connectivity index (χ1v) is 7.85. The van der Waals surface area contributed by atoms with Crippen molar-refractivity contribution >= 4 is 28.9 Å². The van der Waals surface area contributed by atoms with Gasteiger partial charge in [-0.2, -0.15) is 0 Å². The van der Waals surface area contributed by atoms with Crippen LogP contribution < -0.4 is 15.4 Å². The number of hydrogen-bond donors (Lipinski definition) is 2. The summed E-state index contributed by atoms with van der Waals surface area (Å²) in [5.41, 5.74) is 1.24. The molecule has 1 aromatic carbocycles. The molecule has 5 nitrogen and oxygen atoms in total. The lowest BCUT2D eigenvalue weighted by atomic mass is 10.3. The first-order chi connectivity index (χ1) is 11.2. The maximum Gasteiger partial charge on any atom is 0.258 e. The number of anilines is 1. The predicted octanol–water partition coefficient (Wildman–Crippen LogP) is 3.39. The molecule has 0 aliphatic carbocycles. The third-order valence-electron chi connectivity index (χ3n) is 3.03. The first kappa shape index (κ1) is 16.9. The molecule has 0 fully saturated rings. The Morgan fingerprint density at radius 1 is 1.26 bits per heavy atom. The summed E-state index contributed by atoms with van der Waals surface area (Å²) in [5.74, 6) is 0.518. The van der Waals surface area contributed by atoms with Crippen molar-refractivity contribution in [3.8, 4) is 5.75 Å². The number of carbonyl (C=O) groups is 1. The Morgan fingerprint density at radius 3 is 2.70 bits per heavy atom. The highest BCUT2D eigenvalue weighted by Gasteiger charge is 2.07. The van der Waals surface area contributed by atoms with E-state index in [0.717, 1.165) is 24.3 Å². The molecule has 0 saturated heterocycles. The summed E-state index contributed by atoms with van der Waals surface area (Å²) in [4.78, 5) is 15.8. The Morgan fingerprint density at radius 2 is 2.04 bits per heavy atom. The van der Waals surface area contributed by atoms with E-state index in [4.69, 9.17) is 17.0 Å². The van der Waals surface area contributed by atoms with Gasteiger partial charge in [-0.1, -0.05) is 13.3 Å². The molecule has 0 unspecified atom stereocenters. The van der Waals surface area contributed by atoms with Gasteiger partial charge in [0.1, 0.15) is 5.75 Å². The minimum absolute atomic E-state index is 0.235. The lowest BCUT2D eigenvalue weighted by molar-refractivity contribution is 0.0977. The second-order valence-electron chi connectivity index (χ2n) is 4.88. The monoisotopic (exact) mass is 329 g/mol. The normalized spacial score (nSPS) is 9.96. The molecule has 120 valence electrons. The third-order valence-corrected chi connectivity index (χ3v) is 3.23. The van der Waals surface area contributed by atoms with E-state index in [-0.39, 0.29) is 11.0 Å². The number of benzene rings is 1. The van der Waals surface area contributed by atoms with Crippen LogP contribution in [-0.4, -0.2) is 22.6 Å². The van der Waals surface area contributed by atoms with E-state index >= 15 is 0 Å². The highest BCUT2D eigenvalue weighted by atomic mass is 32.1. The second kappa shape index (κ2) is 8.85. The van der Waals surface area contributed by atoms with Crippen LogP contribution in [0.5, 0.6) is 5.75 Å². The van der Waals surface area contributed by atoms with Crippen molar-refractivity contribution in [2.75, 3.05) is 11.9 Å². The highest BCUT2D eigenvalue weighted by molar-refractivity contribution is 7.80. The Kier molecular flexibility index (Phi) is 6.50. The molecule has 0 radical (unpaired) electrons. The summed E-state index contributed by atoms with van der Waals surface area (Å²) < 4.78 is 5.59. The van der Waals surface area contributed by atoms with Crippen molar-refractivity contribution in [1.82, 2.24) is 10.3 Å². The largest absolute Gasteiger partial charge is 0.494 e. The van der Waals surface area contributed by atoms with Crippen molar-refractivity contribution in [2.45, 2.75) is 19.8 Å². The number of ether oxygens (including phenoxy) is 1. The van der Waals surface area contributed by atoms with Crippen LogP contribution >= 0.6 is 12.2 Å². The van der Waals surface area contributed by atoms with Gasteiger partial charge in [-0.25, -0.2) is 0 Å². The van der Waals surface area contributed by atoms with Crippen LogP contribution in [0.1, 0.15) is 30.1 Å². The van der Waals surface area contributed by atoms with E-state index in [1.54, 1.807) is 18.3 Å². The lowest BCUT2D eigenvalue weighted by Crippen LogP contribution is -2.34. The Balaban J connectivity index is 1.84. The summed E-state index contributed by atoms with van der Waals surface area (Å²) >= 11 is 5.14. The number of unbranched alkanes of at least 4 members (excludes halogenated alkanes) is 1. The zero-order chi connectivity index (χ0) is 16.5. The molecule has 2 N–H and O–H groups in total. The summed E-state index contributed by atoms with van der Waals surface area (Å²) in [5, 5.41) is 5.81. The number of rotatable bonds is 6. The van der Waals surface area contributed by atoms with Crippen LogP contribution in [0.4, 0.5) is 5.69 Å². The van der Waals surface area contributed by atoms with E-state index in [9.17, 15) is 4.79 Å². The van der Waals surface area contributed by atoms with Crippen LogP contribution in [-0.2, 0) is 0 Å². The first-order valence-electron chi connectivity index (χ1n) is 7.44. The summed E-state index contributed by atoms with van der Waals surface area (Å²) in [7, 11) is 0.